The zero-order chi connectivity index (χ0) is 26.1. The molecule has 0 aliphatic rings. The molecule has 0 radical (unpaired) electrons. The van der Waals surface area contributed by atoms with Gasteiger partial charge in [-0.25, -0.2) is 4.79 Å². The van der Waals surface area contributed by atoms with Gasteiger partial charge in [0.15, 0.2) is 0 Å². The van der Waals surface area contributed by atoms with Crippen LogP contribution in [-0.2, 0) is 22.7 Å². The zero-order valence-corrected chi connectivity index (χ0v) is 22.2. The van der Waals surface area contributed by atoms with Gasteiger partial charge in [-0.05, 0) is 76.8 Å². The average molecular weight is 514 g/mol. The Bertz CT molecular complexity index is 1180. The number of rotatable bonds is 12. The molecule has 192 valence electrons. The average Bonchev–Trinajstić information content (AvgIpc) is 2.86. The number of carbonyl (C=O) groups excluding carboxylic acids is 1. The zero-order valence-electron chi connectivity index (χ0n) is 21.4. The van der Waals surface area contributed by atoms with Crippen LogP contribution in [-0.4, -0.2) is 53.9 Å². The van der Waals surface area contributed by atoms with Crippen molar-refractivity contribution in [3.8, 4) is 11.1 Å². The van der Waals surface area contributed by atoms with Gasteiger partial charge in [-0.1, -0.05) is 68.4 Å². The molecule has 0 heterocycles. The number of amides is 1. The molecule has 5 nitrogen and oxygen atoms in total. The quantitative estimate of drug-likeness (QED) is 0.300. The molecule has 0 bridgehead atoms. The summed E-state index contributed by atoms with van der Waals surface area (Å²) in [5.74, 6) is -0.272. The number of carbonyl (C=O) groups is 2. The summed E-state index contributed by atoms with van der Waals surface area (Å²) in [5.41, 5.74) is 6.54. The second-order valence-electron chi connectivity index (χ2n) is 9.23. The van der Waals surface area contributed by atoms with Crippen molar-refractivity contribution in [2.45, 2.75) is 52.4 Å². The molecule has 0 aromatic heterocycles. The normalized spacial score (nSPS) is 11.6. The van der Waals surface area contributed by atoms with Crippen LogP contribution >= 0.6 is 11.8 Å². The predicted molar refractivity (Wildman–Crippen MR) is 155 cm³/mol. The molecule has 0 aliphatic heterocycles. The summed E-state index contributed by atoms with van der Waals surface area (Å²) in [6.45, 7) is 7.24. The summed E-state index contributed by atoms with van der Waals surface area (Å²) in [6.07, 6.45) is 2.28. The van der Waals surface area contributed by atoms with Gasteiger partial charge >= 0.3 is 24.8 Å². The summed E-state index contributed by atoms with van der Waals surface area (Å²) in [7, 11) is 0. The van der Waals surface area contributed by atoms with Crippen molar-refractivity contribution in [3.05, 3.63) is 94.5 Å². The minimum atomic E-state index is -1.03. The van der Waals surface area contributed by atoms with Crippen molar-refractivity contribution in [3.63, 3.8) is 0 Å². The fourth-order valence-corrected chi connectivity index (χ4v) is 4.46. The fraction of sp³-hybridized carbons (Fsp3) is 0.333. The molecular formula is C30H36LiNO4S. The summed E-state index contributed by atoms with van der Waals surface area (Å²) >= 11 is 1.55. The standard InChI is InChI=1S/C30H35NO4S.Li.H/c1-20(2)24-12-9-22(10-13-24)18-35-19-23-11-14-26(27(17-23)25-8-6-5-7-21(25)3)29(32)31-28(30(33)34)15-16-36-4;;/h5-14,17,20,28H,15-16,18-19H2,1-4H3,(H,31,32)(H,33,34);;/t28-;;/m0../s1. The van der Waals surface area contributed by atoms with Crippen LogP contribution < -0.4 is 5.32 Å². The van der Waals surface area contributed by atoms with E-state index in [1.54, 1.807) is 17.8 Å². The number of benzene rings is 3. The van der Waals surface area contributed by atoms with E-state index in [2.05, 4.69) is 43.4 Å². The van der Waals surface area contributed by atoms with Gasteiger partial charge in [0.1, 0.15) is 6.04 Å². The number of thioether (sulfide) groups is 1. The molecule has 1 atom stereocenters. The first-order valence-corrected chi connectivity index (χ1v) is 13.6. The third kappa shape index (κ3) is 8.79. The van der Waals surface area contributed by atoms with Gasteiger partial charge in [-0.15, -0.1) is 0 Å². The van der Waals surface area contributed by atoms with Crippen molar-refractivity contribution < 1.29 is 19.4 Å². The molecule has 3 aromatic rings. The summed E-state index contributed by atoms with van der Waals surface area (Å²) in [4.78, 5) is 24.9. The van der Waals surface area contributed by atoms with Gasteiger partial charge in [0.2, 0.25) is 0 Å². The first kappa shape index (κ1) is 30.7. The molecule has 0 saturated heterocycles. The number of hydrogen-bond acceptors (Lipinski definition) is 4. The van der Waals surface area contributed by atoms with Crippen molar-refractivity contribution in [2.75, 3.05) is 12.0 Å². The summed E-state index contributed by atoms with van der Waals surface area (Å²) in [6, 6.07) is 21.0. The van der Waals surface area contributed by atoms with Gasteiger partial charge in [0.25, 0.3) is 5.91 Å². The maximum absolute atomic E-state index is 13.2. The third-order valence-electron chi connectivity index (χ3n) is 6.16. The molecule has 0 spiro atoms. The van der Waals surface area contributed by atoms with Crippen LogP contribution in [0.5, 0.6) is 0 Å². The molecule has 37 heavy (non-hydrogen) atoms. The van der Waals surface area contributed by atoms with Crippen molar-refractivity contribution >= 4 is 42.5 Å². The molecule has 3 rings (SSSR count). The molecule has 0 saturated carbocycles. The number of nitrogens with one attached hydrogen (secondary N) is 1. The third-order valence-corrected chi connectivity index (χ3v) is 6.81. The van der Waals surface area contributed by atoms with Crippen LogP contribution in [0.1, 0.15) is 58.8 Å². The van der Waals surface area contributed by atoms with Crippen LogP contribution in [0.3, 0.4) is 0 Å². The number of hydrogen-bond donors (Lipinski definition) is 2. The van der Waals surface area contributed by atoms with Crippen LogP contribution in [0.2, 0.25) is 0 Å². The number of carboxylic acids is 1. The molecule has 7 heteroatoms. The van der Waals surface area contributed by atoms with E-state index in [0.29, 0.717) is 36.9 Å². The Morgan fingerprint density at radius 2 is 1.59 bits per heavy atom. The second kappa shape index (κ2) is 15.0. The summed E-state index contributed by atoms with van der Waals surface area (Å²) < 4.78 is 5.99. The van der Waals surface area contributed by atoms with E-state index in [9.17, 15) is 14.7 Å². The molecule has 0 aliphatic carbocycles. The summed E-state index contributed by atoms with van der Waals surface area (Å²) in [5, 5.41) is 12.3. The monoisotopic (exact) mass is 513 g/mol. The Morgan fingerprint density at radius 1 is 0.946 bits per heavy atom. The fourth-order valence-electron chi connectivity index (χ4n) is 3.99. The van der Waals surface area contributed by atoms with E-state index in [1.807, 2.05) is 49.6 Å². The van der Waals surface area contributed by atoms with Gasteiger partial charge in [-0.2, -0.15) is 11.8 Å². The van der Waals surface area contributed by atoms with E-state index in [0.717, 1.165) is 27.8 Å². The first-order valence-electron chi connectivity index (χ1n) is 12.2. The van der Waals surface area contributed by atoms with E-state index >= 15 is 0 Å². The minimum absolute atomic E-state index is 0. The maximum atomic E-state index is 13.2. The second-order valence-corrected chi connectivity index (χ2v) is 10.2. The van der Waals surface area contributed by atoms with Crippen molar-refractivity contribution in [2.24, 2.45) is 0 Å². The van der Waals surface area contributed by atoms with E-state index in [4.69, 9.17) is 4.74 Å². The molecule has 0 unspecified atom stereocenters. The van der Waals surface area contributed by atoms with E-state index in [1.165, 1.54) is 5.56 Å². The first-order chi connectivity index (χ1) is 17.3. The van der Waals surface area contributed by atoms with E-state index in [-0.39, 0.29) is 24.8 Å². The molecule has 1 amide bonds. The van der Waals surface area contributed by atoms with Crippen LogP contribution in [0, 0.1) is 6.92 Å². The number of aliphatic carboxylic acids is 1. The van der Waals surface area contributed by atoms with Gasteiger partial charge in [-0.3, -0.25) is 4.79 Å². The van der Waals surface area contributed by atoms with Crippen molar-refractivity contribution in [1.82, 2.24) is 5.32 Å². The Labute approximate surface area is 236 Å². The Balaban J connectivity index is 0.00000481. The Morgan fingerprint density at radius 3 is 2.22 bits per heavy atom. The number of ether oxygens (including phenoxy) is 1. The van der Waals surface area contributed by atoms with Crippen LogP contribution in [0.4, 0.5) is 0 Å². The van der Waals surface area contributed by atoms with Gasteiger partial charge in [0, 0.05) is 5.56 Å². The molecule has 0 fully saturated rings. The van der Waals surface area contributed by atoms with Crippen LogP contribution in [0.25, 0.3) is 11.1 Å². The van der Waals surface area contributed by atoms with Crippen molar-refractivity contribution in [1.29, 1.82) is 0 Å². The van der Waals surface area contributed by atoms with Gasteiger partial charge in [0.05, 0.1) is 13.2 Å². The van der Waals surface area contributed by atoms with Crippen LogP contribution in [0.15, 0.2) is 66.7 Å². The van der Waals surface area contributed by atoms with E-state index < -0.39 is 12.0 Å². The SMILES string of the molecule is CSCC[C@H](NC(=O)c1ccc(COCc2ccc(C(C)C)cc2)cc1-c1ccccc1C)C(=O)O.[LiH]. The predicted octanol–water partition coefficient (Wildman–Crippen LogP) is 5.79. The molecule has 2 N–H and O–H groups in total. The molecule has 3 aromatic carbocycles. The topological polar surface area (TPSA) is 75.6 Å². The number of aryl methyl sites for hydroxylation is 1. The number of carboxylic acid groups (broad SMARTS) is 1. The Kier molecular flexibility index (Phi) is 12.5. The Hall–Kier alpha value is -2.49. The molecular weight excluding hydrogens is 477 g/mol. The van der Waals surface area contributed by atoms with Gasteiger partial charge < -0.3 is 15.2 Å².